The predicted octanol–water partition coefficient (Wildman–Crippen LogP) is 1.79. The molecule has 1 unspecified atom stereocenters. The van der Waals surface area contributed by atoms with E-state index in [1.165, 1.54) is 11.3 Å². The van der Waals surface area contributed by atoms with Crippen LogP contribution in [-0.2, 0) is 4.79 Å². The highest BCUT2D eigenvalue weighted by Gasteiger charge is 2.23. The van der Waals surface area contributed by atoms with Crippen molar-refractivity contribution >= 4 is 17.3 Å². The summed E-state index contributed by atoms with van der Waals surface area (Å²) in [5.41, 5.74) is 1.66. The van der Waals surface area contributed by atoms with Gasteiger partial charge in [-0.3, -0.25) is 4.79 Å². The number of carboxylic acids is 1. The maximum atomic E-state index is 11.1. The fourth-order valence-corrected chi connectivity index (χ4v) is 2.78. The second-order valence-corrected chi connectivity index (χ2v) is 4.64. The zero-order valence-electron chi connectivity index (χ0n) is 9.52. The van der Waals surface area contributed by atoms with Crippen LogP contribution in [0.15, 0.2) is 18.3 Å². The molecule has 1 atom stereocenters. The molecule has 0 fully saturated rings. The minimum atomic E-state index is -0.891. The first-order chi connectivity index (χ1) is 8.13. The van der Waals surface area contributed by atoms with Crippen LogP contribution in [0.2, 0.25) is 0 Å². The number of thiazole rings is 1. The third-order valence-electron chi connectivity index (χ3n) is 2.46. The number of likely N-dealkylation sites (N-methyl/N-ethyl adjacent to an activating group) is 1. The first kappa shape index (κ1) is 11.8. The van der Waals surface area contributed by atoms with Crippen LogP contribution in [0.1, 0.15) is 16.6 Å². The van der Waals surface area contributed by atoms with Crippen LogP contribution in [0.4, 0.5) is 0 Å². The van der Waals surface area contributed by atoms with Crippen LogP contribution in [0, 0.1) is 6.92 Å². The molecule has 0 amide bonds. The van der Waals surface area contributed by atoms with Gasteiger partial charge in [-0.15, -0.1) is 11.3 Å². The van der Waals surface area contributed by atoms with Gasteiger partial charge in [0.25, 0.3) is 0 Å². The van der Waals surface area contributed by atoms with E-state index in [4.69, 9.17) is 5.11 Å². The predicted molar refractivity (Wildman–Crippen MR) is 66.1 cm³/mol. The monoisotopic (exact) mass is 251 g/mol. The van der Waals surface area contributed by atoms with Gasteiger partial charge in [0, 0.05) is 6.20 Å². The first-order valence-corrected chi connectivity index (χ1v) is 5.96. The average molecular weight is 251 g/mol. The van der Waals surface area contributed by atoms with Crippen molar-refractivity contribution < 1.29 is 9.90 Å². The summed E-state index contributed by atoms with van der Waals surface area (Å²) in [5.74, 6) is -0.891. The molecule has 2 heterocycles. The third kappa shape index (κ3) is 2.22. The van der Waals surface area contributed by atoms with Crippen molar-refractivity contribution in [3.05, 3.63) is 28.9 Å². The molecule has 0 aliphatic heterocycles. The van der Waals surface area contributed by atoms with Crippen molar-refractivity contribution in [2.75, 3.05) is 7.05 Å². The van der Waals surface area contributed by atoms with Gasteiger partial charge < -0.3 is 15.4 Å². The number of carbonyl (C=O) groups is 1. The molecule has 5 nitrogen and oxygen atoms in total. The highest BCUT2D eigenvalue weighted by Crippen LogP contribution is 2.30. The summed E-state index contributed by atoms with van der Waals surface area (Å²) in [6, 6.07) is 3.10. The molecule has 6 heteroatoms. The zero-order valence-corrected chi connectivity index (χ0v) is 10.3. The van der Waals surface area contributed by atoms with E-state index in [9.17, 15) is 4.79 Å². The lowest BCUT2D eigenvalue weighted by atomic mass is 10.2. The highest BCUT2D eigenvalue weighted by atomic mass is 32.1. The van der Waals surface area contributed by atoms with Crippen molar-refractivity contribution in [2.24, 2.45) is 0 Å². The van der Waals surface area contributed by atoms with Gasteiger partial charge in [-0.1, -0.05) is 0 Å². The number of aromatic nitrogens is 2. The number of nitrogens with zero attached hydrogens (tertiary/aromatic N) is 1. The van der Waals surface area contributed by atoms with E-state index < -0.39 is 12.0 Å². The number of aromatic amines is 1. The molecule has 0 saturated heterocycles. The smallest absolute Gasteiger partial charge is 0.326 e. The Morgan fingerprint density at radius 3 is 2.94 bits per heavy atom. The normalized spacial score (nSPS) is 12.6. The van der Waals surface area contributed by atoms with Crippen molar-refractivity contribution in [3.63, 3.8) is 0 Å². The van der Waals surface area contributed by atoms with Crippen molar-refractivity contribution in [3.8, 4) is 10.7 Å². The van der Waals surface area contributed by atoms with E-state index in [2.05, 4.69) is 15.3 Å². The molecule has 90 valence electrons. The van der Waals surface area contributed by atoms with Crippen LogP contribution in [-0.4, -0.2) is 28.1 Å². The molecule has 0 radical (unpaired) electrons. The SMILES string of the molecule is CNC(C(=O)O)c1sc(-c2ccc[nH]2)nc1C. The molecule has 0 aromatic carbocycles. The van der Waals surface area contributed by atoms with E-state index in [0.717, 1.165) is 21.3 Å². The second kappa shape index (κ2) is 4.68. The number of aliphatic carboxylic acids is 1. The minimum absolute atomic E-state index is 0.698. The maximum Gasteiger partial charge on any atom is 0.326 e. The second-order valence-electron chi connectivity index (χ2n) is 3.61. The van der Waals surface area contributed by atoms with Gasteiger partial charge in [0.2, 0.25) is 0 Å². The molecule has 0 spiro atoms. The number of aryl methyl sites for hydroxylation is 1. The molecule has 2 aromatic rings. The number of hydrogen-bond acceptors (Lipinski definition) is 4. The Balaban J connectivity index is 2.40. The van der Waals surface area contributed by atoms with E-state index in [0.29, 0.717) is 0 Å². The van der Waals surface area contributed by atoms with Crippen LogP contribution in [0.5, 0.6) is 0 Å². The number of H-pyrrole nitrogens is 1. The minimum Gasteiger partial charge on any atom is -0.480 e. The number of nitrogens with one attached hydrogen (secondary N) is 2. The van der Waals surface area contributed by atoms with Crippen LogP contribution >= 0.6 is 11.3 Å². The summed E-state index contributed by atoms with van der Waals surface area (Å²) in [6.07, 6.45) is 1.82. The fraction of sp³-hybridized carbons (Fsp3) is 0.273. The van der Waals surface area contributed by atoms with Crippen LogP contribution in [0.25, 0.3) is 10.7 Å². The van der Waals surface area contributed by atoms with Gasteiger partial charge in [0.1, 0.15) is 11.0 Å². The lowest BCUT2D eigenvalue weighted by molar-refractivity contribution is -0.139. The fourth-order valence-electron chi connectivity index (χ4n) is 1.62. The molecular weight excluding hydrogens is 238 g/mol. The number of hydrogen-bond donors (Lipinski definition) is 3. The Bertz CT molecular complexity index is 519. The lowest BCUT2D eigenvalue weighted by Crippen LogP contribution is -2.24. The molecule has 3 N–H and O–H groups in total. The van der Waals surface area contributed by atoms with Gasteiger partial charge in [0.15, 0.2) is 0 Å². The summed E-state index contributed by atoms with van der Waals surface area (Å²) in [6.45, 7) is 1.82. The Morgan fingerprint density at radius 2 is 2.41 bits per heavy atom. The molecule has 2 aromatic heterocycles. The molecular formula is C11H13N3O2S. The topological polar surface area (TPSA) is 78.0 Å². The summed E-state index contributed by atoms with van der Waals surface area (Å²) in [7, 11) is 1.63. The first-order valence-electron chi connectivity index (χ1n) is 5.14. The Kier molecular flexibility index (Phi) is 3.26. The van der Waals surface area contributed by atoms with E-state index in [1.807, 2.05) is 25.3 Å². The van der Waals surface area contributed by atoms with Gasteiger partial charge in [0.05, 0.1) is 16.3 Å². The van der Waals surface area contributed by atoms with Gasteiger partial charge >= 0.3 is 5.97 Å². The zero-order chi connectivity index (χ0) is 12.4. The van der Waals surface area contributed by atoms with E-state index in [1.54, 1.807) is 7.05 Å². The van der Waals surface area contributed by atoms with Crippen molar-refractivity contribution in [1.82, 2.24) is 15.3 Å². The van der Waals surface area contributed by atoms with E-state index in [-0.39, 0.29) is 0 Å². The quantitative estimate of drug-likeness (QED) is 0.774. The lowest BCUT2D eigenvalue weighted by Gasteiger charge is -2.08. The molecule has 0 saturated carbocycles. The van der Waals surface area contributed by atoms with Gasteiger partial charge in [-0.25, -0.2) is 4.98 Å². The molecule has 0 aliphatic carbocycles. The Labute approximate surface area is 103 Å². The summed E-state index contributed by atoms with van der Waals surface area (Å²) >= 11 is 1.39. The standard InChI is InChI=1S/C11H13N3O2S/c1-6-9(8(12-2)11(15)16)17-10(14-6)7-4-3-5-13-7/h3-5,8,12-13H,1-2H3,(H,15,16). The average Bonchev–Trinajstić information content (AvgIpc) is 2.89. The number of carboxylic acid groups (broad SMARTS) is 1. The number of rotatable bonds is 4. The van der Waals surface area contributed by atoms with Gasteiger partial charge in [-0.2, -0.15) is 0 Å². The molecule has 2 rings (SSSR count). The van der Waals surface area contributed by atoms with Gasteiger partial charge in [-0.05, 0) is 26.1 Å². The molecule has 0 bridgehead atoms. The van der Waals surface area contributed by atoms with Crippen molar-refractivity contribution in [2.45, 2.75) is 13.0 Å². The summed E-state index contributed by atoms with van der Waals surface area (Å²) in [5, 5.41) is 12.7. The van der Waals surface area contributed by atoms with Crippen LogP contribution in [0.3, 0.4) is 0 Å². The van der Waals surface area contributed by atoms with Crippen molar-refractivity contribution in [1.29, 1.82) is 0 Å². The Morgan fingerprint density at radius 1 is 1.65 bits per heavy atom. The maximum absolute atomic E-state index is 11.1. The van der Waals surface area contributed by atoms with Crippen LogP contribution < -0.4 is 5.32 Å². The highest BCUT2D eigenvalue weighted by molar-refractivity contribution is 7.15. The molecule has 17 heavy (non-hydrogen) atoms. The summed E-state index contributed by atoms with van der Waals surface area (Å²) < 4.78 is 0. The largest absolute Gasteiger partial charge is 0.480 e. The van der Waals surface area contributed by atoms with E-state index >= 15 is 0 Å². The summed E-state index contributed by atoms with van der Waals surface area (Å²) in [4.78, 5) is 19.3. The third-order valence-corrected chi connectivity index (χ3v) is 3.71. The Hall–Kier alpha value is -1.66. The molecule has 0 aliphatic rings.